The fourth-order valence-corrected chi connectivity index (χ4v) is 2.67. The Morgan fingerprint density at radius 3 is 2.38 bits per heavy atom. The molecule has 0 radical (unpaired) electrons. The number of nitrogens with zero attached hydrogens (tertiary/aromatic N) is 1. The van der Waals surface area contributed by atoms with Crippen LogP contribution in [0, 0.1) is 6.92 Å². The summed E-state index contributed by atoms with van der Waals surface area (Å²) in [5.74, 6) is 0.601. The van der Waals surface area contributed by atoms with E-state index < -0.39 is 0 Å². The lowest BCUT2D eigenvalue weighted by atomic mass is 10.0. The zero-order chi connectivity index (χ0) is 16.9. The van der Waals surface area contributed by atoms with E-state index in [1.165, 1.54) is 5.56 Å². The number of amides is 1. The van der Waals surface area contributed by atoms with Crippen LogP contribution in [0.5, 0.6) is 0 Å². The van der Waals surface area contributed by atoms with Crippen molar-refractivity contribution in [3.8, 4) is 11.3 Å². The SMILES string of the molecule is Cc1onc(-c2ccccc2)c1C(=O)NC[C@@H](C)c1ccccc1. The molecule has 0 saturated heterocycles. The summed E-state index contributed by atoms with van der Waals surface area (Å²) in [6.07, 6.45) is 0. The number of aryl methyl sites for hydroxylation is 1. The minimum Gasteiger partial charge on any atom is -0.360 e. The normalized spacial score (nSPS) is 11.9. The Balaban J connectivity index is 1.75. The fourth-order valence-electron chi connectivity index (χ4n) is 2.67. The van der Waals surface area contributed by atoms with E-state index in [1.54, 1.807) is 6.92 Å². The second-order valence-corrected chi connectivity index (χ2v) is 5.85. The molecule has 1 amide bonds. The molecule has 2 aromatic carbocycles. The van der Waals surface area contributed by atoms with Gasteiger partial charge in [0.1, 0.15) is 17.0 Å². The first kappa shape index (κ1) is 16.0. The van der Waals surface area contributed by atoms with E-state index in [2.05, 4.69) is 29.5 Å². The molecule has 4 heteroatoms. The molecule has 0 aliphatic heterocycles. The molecule has 0 aliphatic rings. The molecule has 1 aromatic heterocycles. The van der Waals surface area contributed by atoms with Crippen molar-refractivity contribution in [3.05, 3.63) is 77.6 Å². The monoisotopic (exact) mass is 320 g/mol. The van der Waals surface area contributed by atoms with Gasteiger partial charge in [-0.1, -0.05) is 72.7 Å². The second-order valence-electron chi connectivity index (χ2n) is 5.85. The molecule has 1 N–H and O–H groups in total. The minimum atomic E-state index is -0.157. The van der Waals surface area contributed by atoms with Crippen LogP contribution in [0.2, 0.25) is 0 Å². The summed E-state index contributed by atoms with van der Waals surface area (Å²) in [5.41, 5.74) is 3.15. The van der Waals surface area contributed by atoms with E-state index in [1.807, 2.05) is 48.5 Å². The standard InChI is InChI=1S/C20H20N2O2/c1-14(16-9-5-3-6-10-16)13-21-20(23)18-15(2)24-22-19(18)17-11-7-4-8-12-17/h3-12,14H,13H2,1-2H3,(H,21,23)/t14-/m1/s1. The molecule has 0 fully saturated rings. The smallest absolute Gasteiger partial charge is 0.257 e. The summed E-state index contributed by atoms with van der Waals surface area (Å²) in [6.45, 7) is 4.41. The quantitative estimate of drug-likeness (QED) is 0.767. The highest BCUT2D eigenvalue weighted by molar-refractivity contribution is 6.00. The number of carbonyl (C=O) groups excluding carboxylic acids is 1. The van der Waals surface area contributed by atoms with E-state index in [0.717, 1.165) is 5.56 Å². The minimum absolute atomic E-state index is 0.157. The molecule has 4 nitrogen and oxygen atoms in total. The van der Waals surface area contributed by atoms with Crippen LogP contribution in [0.4, 0.5) is 0 Å². The highest BCUT2D eigenvalue weighted by Crippen LogP contribution is 2.25. The molecule has 0 unspecified atom stereocenters. The van der Waals surface area contributed by atoms with E-state index >= 15 is 0 Å². The van der Waals surface area contributed by atoms with Gasteiger partial charge in [0.25, 0.3) is 5.91 Å². The summed E-state index contributed by atoms with van der Waals surface area (Å²) < 4.78 is 5.25. The van der Waals surface area contributed by atoms with Crippen molar-refractivity contribution in [2.24, 2.45) is 0 Å². The van der Waals surface area contributed by atoms with Gasteiger partial charge in [0, 0.05) is 12.1 Å². The number of rotatable bonds is 5. The molecule has 24 heavy (non-hydrogen) atoms. The maximum Gasteiger partial charge on any atom is 0.257 e. The van der Waals surface area contributed by atoms with Gasteiger partial charge in [-0.05, 0) is 18.4 Å². The Morgan fingerprint density at radius 1 is 1.08 bits per heavy atom. The van der Waals surface area contributed by atoms with Gasteiger partial charge in [-0.2, -0.15) is 0 Å². The molecule has 3 aromatic rings. The molecular weight excluding hydrogens is 300 g/mol. The lowest BCUT2D eigenvalue weighted by Gasteiger charge is -2.13. The summed E-state index contributed by atoms with van der Waals surface area (Å²) in [4.78, 5) is 12.6. The number of carbonyl (C=O) groups is 1. The maximum absolute atomic E-state index is 12.6. The van der Waals surface area contributed by atoms with Gasteiger partial charge in [0.15, 0.2) is 0 Å². The van der Waals surface area contributed by atoms with Crippen molar-refractivity contribution >= 4 is 5.91 Å². The lowest BCUT2D eigenvalue weighted by molar-refractivity contribution is 0.0950. The van der Waals surface area contributed by atoms with Crippen molar-refractivity contribution in [3.63, 3.8) is 0 Å². The topological polar surface area (TPSA) is 55.1 Å². The van der Waals surface area contributed by atoms with Gasteiger partial charge >= 0.3 is 0 Å². The number of benzene rings is 2. The summed E-state index contributed by atoms with van der Waals surface area (Å²) in [5, 5.41) is 7.05. The fraction of sp³-hybridized carbons (Fsp3) is 0.200. The Kier molecular flexibility index (Phi) is 4.75. The third-order valence-electron chi connectivity index (χ3n) is 4.07. The third kappa shape index (κ3) is 3.38. The summed E-state index contributed by atoms with van der Waals surface area (Å²) in [6, 6.07) is 19.7. The van der Waals surface area contributed by atoms with Gasteiger partial charge in [0.05, 0.1) is 0 Å². The number of aromatic nitrogens is 1. The predicted octanol–water partition coefficient (Wildman–Crippen LogP) is 4.18. The molecule has 1 atom stereocenters. The Morgan fingerprint density at radius 2 is 1.71 bits per heavy atom. The van der Waals surface area contributed by atoms with Crippen molar-refractivity contribution in [1.29, 1.82) is 0 Å². The largest absolute Gasteiger partial charge is 0.360 e. The van der Waals surface area contributed by atoms with Crippen LogP contribution in [-0.2, 0) is 0 Å². The number of hydrogen-bond acceptors (Lipinski definition) is 3. The lowest BCUT2D eigenvalue weighted by Crippen LogP contribution is -2.28. The van der Waals surface area contributed by atoms with Gasteiger partial charge in [-0.3, -0.25) is 4.79 Å². The Bertz CT molecular complexity index is 810. The molecule has 1 heterocycles. The van der Waals surface area contributed by atoms with E-state index in [9.17, 15) is 4.79 Å². The summed E-state index contributed by atoms with van der Waals surface area (Å²) in [7, 11) is 0. The molecule has 0 saturated carbocycles. The first-order valence-corrected chi connectivity index (χ1v) is 8.01. The molecule has 0 spiro atoms. The predicted molar refractivity (Wildman–Crippen MR) is 93.9 cm³/mol. The van der Waals surface area contributed by atoms with Crippen LogP contribution in [0.25, 0.3) is 11.3 Å². The Hall–Kier alpha value is -2.88. The van der Waals surface area contributed by atoms with Gasteiger partial charge in [0.2, 0.25) is 0 Å². The van der Waals surface area contributed by atoms with E-state index in [-0.39, 0.29) is 11.8 Å². The first-order chi connectivity index (χ1) is 11.7. The highest BCUT2D eigenvalue weighted by atomic mass is 16.5. The van der Waals surface area contributed by atoms with Crippen LogP contribution in [0.3, 0.4) is 0 Å². The summed E-state index contributed by atoms with van der Waals surface area (Å²) >= 11 is 0. The van der Waals surface area contributed by atoms with Crippen LogP contribution in [0.1, 0.15) is 34.5 Å². The van der Waals surface area contributed by atoms with Crippen LogP contribution in [0.15, 0.2) is 65.2 Å². The molecule has 0 bridgehead atoms. The average molecular weight is 320 g/mol. The molecule has 122 valence electrons. The highest BCUT2D eigenvalue weighted by Gasteiger charge is 2.21. The molecular formula is C20H20N2O2. The number of nitrogens with one attached hydrogen (secondary N) is 1. The molecule has 0 aliphatic carbocycles. The van der Waals surface area contributed by atoms with E-state index in [0.29, 0.717) is 23.6 Å². The average Bonchev–Trinajstić information content (AvgIpc) is 3.02. The first-order valence-electron chi connectivity index (χ1n) is 8.01. The second kappa shape index (κ2) is 7.13. The van der Waals surface area contributed by atoms with Crippen molar-refractivity contribution in [2.45, 2.75) is 19.8 Å². The molecule has 3 rings (SSSR count). The van der Waals surface area contributed by atoms with Crippen molar-refractivity contribution in [1.82, 2.24) is 10.5 Å². The van der Waals surface area contributed by atoms with Crippen molar-refractivity contribution < 1.29 is 9.32 Å². The van der Waals surface area contributed by atoms with Crippen LogP contribution in [-0.4, -0.2) is 17.6 Å². The van der Waals surface area contributed by atoms with Crippen molar-refractivity contribution in [2.75, 3.05) is 6.54 Å². The van der Waals surface area contributed by atoms with E-state index in [4.69, 9.17) is 4.52 Å². The number of hydrogen-bond donors (Lipinski definition) is 1. The zero-order valence-electron chi connectivity index (χ0n) is 13.8. The van der Waals surface area contributed by atoms with Crippen LogP contribution >= 0.6 is 0 Å². The third-order valence-corrected chi connectivity index (χ3v) is 4.07. The maximum atomic E-state index is 12.6. The van der Waals surface area contributed by atoms with Gasteiger partial charge in [-0.25, -0.2) is 0 Å². The Labute approximate surface area is 141 Å². The van der Waals surface area contributed by atoms with Gasteiger partial charge < -0.3 is 9.84 Å². The van der Waals surface area contributed by atoms with Gasteiger partial charge in [-0.15, -0.1) is 0 Å². The zero-order valence-corrected chi connectivity index (χ0v) is 13.8. The van der Waals surface area contributed by atoms with Crippen LogP contribution < -0.4 is 5.32 Å².